The van der Waals surface area contributed by atoms with Crippen LogP contribution in [0.5, 0.6) is 0 Å². The predicted molar refractivity (Wildman–Crippen MR) is 86.6 cm³/mol. The number of nitrogens with zero attached hydrogens (tertiary/aromatic N) is 2. The van der Waals surface area contributed by atoms with E-state index in [9.17, 15) is 0 Å². The van der Waals surface area contributed by atoms with E-state index >= 15 is 0 Å². The van der Waals surface area contributed by atoms with Gasteiger partial charge in [-0.1, -0.05) is 6.92 Å². The van der Waals surface area contributed by atoms with Crippen LogP contribution >= 0.6 is 22.7 Å². The minimum atomic E-state index is 0.573. The Morgan fingerprint density at radius 3 is 2.95 bits per heavy atom. The highest BCUT2D eigenvalue weighted by Crippen LogP contribution is 2.27. The molecule has 1 N–H and O–H groups in total. The molecule has 6 heteroatoms. The zero-order valence-electron chi connectivity index (χ0n) is 12.2. The second-order valence-electron chi connectivity index (χ2n) is 4.57. The molecule has 0 aromatic carbocycles. The first kappa shape index (κ1) is 15.4. The Balaban J connectivity index is 2.09. The van der Waals surface area contributed by atoms with Gasteiger partial charge in [0.05, 0.1) is 12.3 Å². The highest BCUT2D eigenvalue weighted by molar-refractivity contribution is 7.15. The third-order valence-corrected chi connectivity index (χ3v) is 4.85. The topological polar surface area (TPSA) is 37.4 Å². The molecule has 0 fully saturated rings. The lowest BCUT2D eigenvalue weighted by Crippen LogP contribution is -2.15. The fourth-order valence-electron chi connectivity index (χ4n) is 1.88. The van der Waals surface area contributed by atoms with Gasteiger partial charge in [-0.15, -0.1) is 11.3 Å². The Hall–Kier alpha value is -0.950. The van der Waals surface area contributed by atoms with Crippen LogP contribution in [0.15, 0.2) is 16.8 Å². The number of ether oxygens (including phenoxy) is 1. The van der Waals surface area contributed by atoms with Gasteiger partial charge in [0.1, 0.15) is 0 Å². The molecule has 0 bridgehead atoms. The molecule has 0 unspecified atom stereocenters. The molecule has 2 aromatic rings. The molecule has 0 aliphatic heterocycles. The van der Waals surface area contributed by atoms with Gasteiger partial charge in [0, 0.05) is 32.1 Å². The first-order valence-corrected chi connectivity index (χ1v) is 8.41. The van der Waals surface area contributed by atoms with Crippen molar-refractivity contribution in [3.8, 4) is 0 Å². The van der Waals surface area contributed by atoms with Crippen molar-refractivity contribution < 1.29 is 4.74 Å². The van der Waals surface area contributed by atoms with E-state index < -0.39 is 0 Å². The van der Waals surface area contributed by atoms with E-state index in [-0.39, 0.29) is 0 Å². The first-order chi connectivity index (χ1) is 9.74. The lowest BCUT2D eigenvalue weighted by Gasteiger charge is -2.14. The number of nitrogens with one attached hydrogen (secondary N) is 1. The van der Waals surface area contributed by atoms with Crippen LogP contribution < -0.4 is 10.2 Å². The number of thiazole rings is 1. The van der Waals surface area contributed by atoms with E-state index in [2.05, 4.69) is 41.0 Å². The summed E-state index contributed by atoms with van der Waals surface area (Å²) in [6, 6.07) is 2.16. The standard InChI is InChI=1S/C14H21N3OS2/c1-4-15-7-13-12(9-18-3)16-14(20-13)17(2)8-11-5-6-19-10-11/h5-6,10,15H,4,7-9H2,1-3H3. The quantitative estimate of drug-likeness (QED) is 0.813. The Morgan fingerprint density at radius 1 is 1.45 bits per heavy atom. The monoisotopic (exact) mass is 311 g/mol. The van der Waals surface area contributed by atoms with Gasteiger partial charge in [0.25, 0.3) is 0 Å². The summed E-state index contributed by atoms with van der Waals surface area (Å²) < 4.78 is 5.25. The number of anilines is 1. The zero-order chi connectivity index (χ0) is 14.4. The second kappa shape index (κ2) is 7.73. The number of aromatic nitrogens is 1. The minimum absolute atomic E-state index is 0.573. The fraction of sp³-hybridized carbons (Fsp3) is 0.500. The molecule has 0 amide bonds. The fourth-order valence-corrected chi connectivity index (χ4v) is 3.54. The van der Waals surface area contributed by atoms with Crippen molar-refractivity contribution in [1.82, 2.24) is 10.3 Å². The molecule has 4 nitrogen and oxygen atoms in total. The van der Waals surface area contributed by atoms with Crippen LogP contribution in [0.4, 0.5) is 5.13 Å². The lowest BCUT2D eigenvalue weighted by atomic mass is 10.3. The Morgan fingerprint density at radius 2 is 2.30 bits per heavy atom. The molecular weight excluding hydrogens is 290 g/mol. The van der Waals surface area contributed by atoms with Crippen LogP contribution in [0.3, 0.4) is 0 Å². The van der Waals surface area contributed by atoms with Crippen LogP contribution in [-0.4, -0.2) is 25.7 Å². The number of rotatable bonds is 8. The van der Waals surface area contributed by atoms with Gasteiger partial charge in [-0.2, -0.15) is 11.3 Å². The van der Waals surface area contributed by atoms with Gasteiger partial charge in [-0.25, -0.2) is 4.98 Å². The summed E-state index contributed by atoms with van der Waals surface area (Å²) >= 11 is 3.48. The van der Waals surface area contributed by atoms with Crippen LogP contribution in [0.2, 0.25) is 0 Å². The first-order valence-electron chi connectivity index (χ1n) is 6.65. The molecule has 0 radical (unpaired) electrons. The van der Waals surface area contributed by atoms with Gasteiger partial charge in [-0.05, 0) is 28.9 Å². The van der Waals surface area contributed by atoms with E-state index in [1.54, 1.807) is 29.8 Å². The molecule has 2 rings (SSSR count). The minimum Gasteiger partial charge on any atom is -0.378 e. The Labute approximate surface area is 128 Å². The lowest BCUT2D eigenvalue weighted by molar-refractivity contribution is 0.181. The second-order valence-corrected chi connectivity index (χ2v) is 6.41. The van der Waals surface area contributed by atoms with Crippen LogP contribution in [0.1, 0.15) is 23.1 Å². The van der Waals surface area contributed by atoms with E-state index in [1.807, 2.05) is 0 Å². The number of hydrogen-bond acceptors (Lipinski definition) is 6. The maximum atomic E-state index is 5.25. The zero-order valence-corrected chi connectivity index (χ0v) is 13.8. The largest absolute Gasteiger partial charge is 0.378 e. The van der Waals surface area contributed by atoms with E-state index in [0.717, 1.165) is 30.5 Å². The summed E-state index contributed by atoms with van der Waals surface area (Å²) in [6.07, 6.45) is 0. The van der Waals surface area contributed by atoms with Gasteiger partial charge in [-0.3, -0.25) is 0 Å². The molecule has 0 spiro atoms. The highest BCUT2D eigenvalue weighted by atomic mass is 32.1. The van der Waals surface area contributed by atoms with Gasteiger partial charge >= 0.3 is 0 Å². The maximum absolute atomic E-state index is 5.25. The number of hydrogen-bond donors (Lipinski definition) is 1. The average Bonchev–Trinajstić information content (AvgIpc) is 3.07. The summed E-state index contributed by atoms with van der Waals surface area (Å²) in [5, 5.41) is 8.70. The molecule has 0 saturated carbocycles. The van der Waals surface area contributed by atoms with Crippen molar-refractivity contribution in [3.05, 3.63) is 33.0 Å². The van der Waals surface area contributed by atoms with Crippen molar-refractivity contribution in [2.75, 3.05) is 25.6 Å². The highest BCUT2D eigenvalue weighted by Gasteiger charge is 2.14. The number of thiophene rings is 1. The number of methoxy groups -OCH3 is 1. The van der Waals surface area contributed by atoms with Crippen molar-refractivity contribution in [2.24, 2.45) is 0 Å². The normalized spacial score (nSPS) is 10.9. The Kier molecular flexibility index (Phi) is 5.97. The third-order valence-electron chi connectivity index (χ3n) is 2.91. The Bertz CT molecular complexity index is 510. The van der Waals surface area contributed by atoms with Crippen LogP contribution in [-0.2, 0) is 24.4 Å². The van der Waals surface area contributed by atoms with Crippen molar-refractivity contribution in [3.63, 3.8) is 0 Å². The van der Waals surface area contributed by atoms with Crippen molar-refractivity contribution >= 4 is 27.8 Å². The van der Waals surface area contributed by atoms with E-state index in [4.69, 9.17) is 9.72 Å². The molecule has 0 aliphatic carbocycles. The third kappa shape index (κ3) is 4.02. The smallest absolute Gasteiger partial charge is 0.185 e. The van der Waals surface area contributed by atoms with E-state index in [0.29, 0.717) is 6.61 Å². The maximum Gasteiger partial charge on any atom is 0.185 e. The summed E-state index contributed by atoms with van der Waals surface area (Å²) in [5.74, 6) is 0. The van der Waals surface area contributed by atoms with E-state index in [1.165, 1.54) is 10.4 Å². The molecule has 0 atom stereocenters. The summed E-state index contributed by atoms with van der Waals surface area (Å²) in [4.78, 5) is 8.18. The van der Waals surface area contributed by atoms with Gasteiger partial charge in [0.15, 0.2) is 5.13 Å². The summed E-state index contributed by atoms with van der Waals surface area (Å²) in [7, 11) is 3.80. The molecule has 2 heterocycles. The molecule has 0 aliphatic rings. The summed E-state index contributed by atoms with van der Waals surface area (Å²) in [6.45, 7) is 5.40. The van der Waals surface area contributed by atoms with Gasteiger partial charge < -0.3 is 15.0 Å². The average molecular weight is 311 g/mol. The molecule has 0 saturated heterocycles. The van der Waals surface area contributed by atoms with Crippen LogP contribution in [0, 0.1) is 0 Å². The molecule has 20 heavy (non-hydrogen) atoms. The van der Waals surface area contributed by atoms with Gasteiger partial charge in [0.2, 0.25) is 0 Å². The molecular formula is C14H21N3OS2. The van der Waals surface area contributed by atoms with Crippen molar-refractivity contribution in [2.45, 2.75) is 26.6 Å². The molecule has 110 valence electrons. The predicted octanol–water partition coefficient (Wildman–Crippen LogP) is 3.10. The molecule has 2 aromatic heterocycles. The SMILES string of the molecule is CCNCc1sc(N(C)Cc2ccsc2)nc1COC. The van der Waals surface area contributed by atoms with Crippen LogP contribution in [0.25, 0.3) is 0 Å². The van der Waals surface area contributed by atoms with Crippen molar-refractivity contribution in [1.29, 1.82) is 0 Å². The summed E-state index contributed by atoms with van der Waals surface area (Å²) in [5.41, 5.74) is 2.37.